The maximum absolute atomic E-state index is 9.37. The van der Waals surface area contributed by atoms with Crippen molar-refractivity contribution in [3.63, 3.8) is 0 Å². The lowest BCUT2D eigenvalue weighted by atomic mass is 11.8. The van der Waals surface area contributed by atoms with Gasteiger partial charge in [-0.3, -0.25) is 4.18 Å². The smallest absolute Gasteiger partial charge is 0.249 e. The van der Waals surface area contributed by atoms with E-state index in [1.165, 1.54) is 7.11 Å². The molecule has 0 fully saturated rings. The number of nitrogens with one attached hydrogen (secondary N) is 1. The van der Waals surface area contributed by atoms with Crippen LogP contribution in [0.4, 0.5) is 0 Å². The third-order valence-electron chi connectivity index (χ3n) is 0.151. The molecule has 31 valence electrons. The molecule has 0 aromatic carbocycles. The van der Waals surface area contributed by atoms with Crippen molar-refractivity contribution in [3.8, 4) is 0 Å². The van der Waals surface area contributed by atoms with Gasteiger partial charge in [0.15, 0.2) is 0 Å². The highest BCUT2D eigenvalue weighted by Gasteiger charge is 1.74. The Hall–Kier alpha value is 0.0700. The molecule has 0 spiro atoms. The highest BCUT2D eigenvalue weighted by Crippen LogP contribution is 1.62. The molecule has 0 saturated heterocycles. The molecule has 0 aromatic heterocycles. The van der Waals surface area contributed by atoms with Crippen molar-refractivity contribution in [2.45, 2.75) is 0 Å². The molecule has 0 rings (SSSR count). The van der Waals surface area contributed by atoms with Gasteiger partial charge in [-0.25, -0.2) is 4.21 Å². The number of hydrogen-bond acceptors (Lipinski definition) is 2. The maximum Gasteiger partial charge on any atom is 0.249 e. The predicted molar refractivity (Wildman–Crippen MR) is 18.2 cm³/mol. The van der Waals surface area contributed by atoms with E-state index in [2.05, 4.69) is 4.18 Å². The zero-order valence-corrected chi connectivity index (χ0v) is 3.54. The summed E-state index contributed by atoms with van der Waals surface area (Å²) in [6.45, 7) is 0. The average Bonchev–Trinajstić information content (AvgIpc) is 1.38. The van der Waals surface area contributed by atoms with E-state index < -0.39 is 11.3 Å². The van der Waals surface area contributed by atoms with E-state index in [-0.39, 0.29) is 0 Å². The molecule has 1 radical (unpaired) electrons. The Labute approximate surface area is 32.9 Å². The van der Waals surface area contributed by atoms with Crippen molar-refractivity contribution in [1.29, 1.82) is 0 Å². The van der Waals surface area contributed by atoms with Crippen LogP contribution in [0.2, 0.25) is 0 Å². The Morgan fingerprint density at radius 1 is 2.00 bits per heavy atom. The van der Waals surface area contributed by atoms with Crippen LogP contribution in [0.5, 0.6) is 0 Å². The van der Waals surface area contributed by atoms with Crippen molar-refractivity contribution < 1.29 is 8.39 Å². The van der Waals surface area contributed by atoms with Crippen LogP contribution < -0.4 is 5.14 Å². The van der Waals surface area contributed by atoms with Crippen LogP contribution >= 0.6 is 0 Å². The Morgan fingerprint density at radius 3 is 2.20 bits per heavy atom. The van der Waals surface area contributed by atoms with Gasteiger partial charge in [0.05, 0.1) is 7.11 Å². The molecule has 3 nitrogen and oxygen atoms in total. The first-order chi connectivity index (χ1) is 2.27. The second-order valence-corrected chi connectivity index (χ2v) is 1.20. The Morgan fingerprint density at radius 2 is 2.20 bits per heavy atom. The number of rotatable bonds is 1. The van der Waals surface area contributed by atoms with E-state index in [0.29, 0.717) is 0 Å². The number of hydrogen-bond donors (Lipinski definition) is 0. The average molecular weight is 94.1 g/mol. The molecule has 0 aliphatic heterocycles. The van der Waals surface area contributed by atoms with E-state index in [1.54, 1.807) is 0 Å². The molecule has 0 amide bonds. The fraction of sp³-hybridized carbons (Fsp3) is 1.00. The topological polar surface area (TPSA) is 50.1 Å². The van der Waals surface area contributed by atoms with Gasteiger partial charge in [0, 0.05) is 0 Å². The zero-order chi connectivity index (χ0) is 4.28. The monoisotopic (exact) mass is 94.0 g/mol. The minimum atomic E-state index is -1.82. The summed E-state index contributed by atoms with van der Waals surface area (Å²) in [6.07, 6.45) is 0. The van der Waals surface area contributed by atoms with Gasteiger partial charge in [0.2, 0.25) is 11.3 Å². The lowest BCUT2D eigenvalue weighted by Gasteiger charge is -1.76. The molecule has 0 saturated carbocycles. The summed E-state index contributed by atoms with van der Waals surface area (Å²) in [5.41, 5.74) is 0. The van der Waals surface area contributed by atoms with Crippen LogP contribution in [-0.2, 0) is 15.4 Å². The second kappa shape index (κ2) is 2.32. The van der Waals surface area contributed by atoms with Gasteiger partial charge in [-0.15, -0.1) is 5.14 Å². The van der Waals surface area contributed by atoms with Gasteiger partial charge in [-0.2, -0.15) is 0 Å². The van der Waals surface area contributed by atoms with Crippen LogP contribution in [0.3, 0.4) is 0 Å². The molecule has 0 aliphatic carbocycles. The van der Waals surface area contributed by atoms with Crippen molar-refractivity contribution in [1.82, 2.24) is 5.14 Å². The molecular weight excluding hydrogens is 90.1 g/mol. The van der Waals surface area contributed by atoms with Crippen molar-refractivity contribution in [3.05, 3.63) is 0 Å². The minimum absolute atomic E-state index is 1.21. The molecule has 1 unspecified atom stereocenters. The van der Waals surface area contributed by atoms with Crippen LogP contribution in [-0.4, -0.2) is 11.3 Å². The van der Waals surface area contributed by atoms with E-state index in [0.717, 1.165) is 0 Å². The summed E-state index contributed by atoms with van der Waals surface area (Å²) in [5.74, 6) is 0. The molecule has 4 heteroatoms. The van der Waals surface area contributed by atoms with Crippen LogP contribution in [0, 0.1) is 0 Å². The van der Waals surface area contributed by atoms with Gasteiger partial charge in [0.25, 0.3) is 0 Å². The molecule has 0 aromatic rings. The van der Waals surface area contributed by atoms with E-state index in [1.807, 2.05) is 0 Å². The van der Waals surface area contributed by atoms with Gasteiger partial charge >= 0.3 is 0 Å². The van der Waals surface area contributed by atoms with Crippen LogP contribution in [0.25, 0.3) is 0 Å². The lowest BCUT2D eigenvalue weighted by molar-refractivity contribution is 0.445. The molecule has 0 bridgehead atoms. The second-order valence-electron chi connectivity index (χ2n) is 0.401. The first-order valence-electron chi connectivity index (χ1n) is 0.946. The van der Waals surface area contributed by atoms with Crippen LogP contribution in [0.1, 0.15) is 0 Å². The SMILES string of the molecule is COS([NH])=O. The van der Waals surface area contributed by atoms with E-state index >= 15 is 0 Å². The normalized spacial score (nSPS) is 14.8. The highest BCUT2D eigenvalue weighted by molar-refractivity contribution is 7.77. The highest BCUT2D eigenvalue weighted by atomic mass is 32.2. The fourth-order valence-corrected chi connectivity index (χ4v) is 0. The van der Waals surface area contributed by atoms with Gasteiger partial charge in [-0.1, -0.05) is 0 Å². The third-order valence-corrected chi connectivity index (χ3v) is 0.454. The Bertz CT molecular complexity index is 44.9. The summed E-state index contributed by atoms with van der Waals surface area (Å²) < 4.78 is 13.3. The van der Waals surface area contributed by atoms with Crippen molar-refractivity contribution in [2.75, 3.05) is 7.11 Å². The molecular formula is CH4NO2S. The molecule has 0 aliphatic rings. The summed E-state index contributed by atoms with van der Waals surface area (Å²) in [6, 6.07) is 0. The zero-order valence-electron chi connectivity index (χ0n) is 2.72. The Kier molecular flexibility index (Phi) is 2.35. The van der Waals surface area contributed by atoms with Gasteiger partial charge in [0.1, 0.15) is 0 Å². The first kappa shape index (κ1) is 5.07. The minimum Gasteiger partial charge on any atom is -0.281 e. The van der Waals surface area contributed by atoms with Gasteiger partial charge < -0.3 is 0 Å². The first-order valence-corrected chi connectivity index (χ1v) is 2.02. The van der Waals surface area contributed by atoms with Gasteiger partial charge in [-0.05, 0) is 0 Å². The standard InChI is InChI=1S/CH4NO2S/c1-4-5(2)3/h2H,1H3. The summed E-state index contributed by atoms with van der Waals surface area (Å²) in [5, 5.41) is 6.08. The quantitative estimate of drug-likeness (QED) is 0.439. The summed E-state index contributed by atoms with van der Waals surface area (Å²) >= 11 is -1.82. The predicted octanol–water partition coefficient (Wildman–Crippen LogP) is -0.506. The van der Waals surface area contributed by atoms with E-state index in [4.69, 9.17) is 5.14 Å². The van der Waals surface area contributed by atoms with Crippen molar-refractivity contribution >= 4 is 11.3 Å². The molecule has 1 atom stereocenters. The molecule has 0 heterocycles. The fourth-order valence-electron chi connectivity index (χ4n) is 0. The molecule has 1 N–H and O–H groups in total. The Balaban J connectivity index is 2.85. The summed E-state index contributed by atoms with van der Waals surface area (Å²) in [7, 11) is 1.21. The third kappa shape index (κ3) is 4.07. The van der Waals surface area contributed by atoms with E-state index in [9.17, 15) is 4.21 Å². The summed E-state index contributed by atoms with van der Waals surface area (Å²) in [4.78, 5) is 0. The maximum atomic E-state index is 9.37. The lowest BCUT2D eigenvalue weighted by Crippen LogP contribution is -1.87. The molecule has 5 heavy (non-hydrogen) atoms. The van der Waals surface area contributed by atoms with Crippen molar-refractivity contribution in [2.24, 2.45) is 0 Å². The van der Waals surface area contributed by atoms with Crippen LogP contribution in [0.15, 0.2) is 0 Å². The largest absolute Gasteiger partial charge is 0.281 e.